The van der Waals surface area contributed by atoms with E-state index in [1.807, 2.05) is 59.2 Å². The largest absolute Gasteiger partial charge is 0.481 e. The van der Waals surface area contributed by atoms with Crippen LogP contribution in [0.1, 0.15) is 27.2 Å². The summed E-state index contributed by atoms with van der Waals surface area (Å²) in [6, 6.07) is 23.0. The number of carboxylic acid groups (broad SMARTS) is 1. The zero-order valence-electron chi connectivity index (χ0n) is 16.2. The lowest BCUT2D eigenvalue weighted by atomic mass is 10.0. The fourth-order valence-electron chi connectivity index (χ4n) is 3.83. The maximum atomic E-state index is 13.4. The number of nitrogens with zero attached hydrogens (tertiary/aromatic N) is 1. The van der Waals surface area contributed by atoms with Gasteiger partial charge in [0, 0.05) is 23.9 Å². The van der Waals surface area contributed by atoms with Gasteiger partial charge in [0.15, 0.2) is 5.78 Å². The first-order valence-corrected chi connectivity index (χ1v) is 9.66. The minimum absolute atomic E-state index is 0.0675. The topological polar surface area (TPSA) is 59.3 Å². The summed E-state index contributed by atoms with van der Waals surface area (Å²) in [4.78, 5) is 25.0. The summed E-state index contributed by atoms with van der Waals surface area (Å²) >= 11 is 0. The van der Waals surface area contributed by atoms with Crippen LogP contribution >= 0.6 is 0 Å². The van der Waals surface area contributed by atoms with E-state index < -0.39 is 5.97 Å². The highest BCUT2D eigenvalue weighted by Crippen LogP contribution is 2.29. The van der Waals surface area contributed by atoms with Gasteiger partial charge in [-0.15, -0.1) is 0 Å². The van der Waals surface area contributed by atoms with Crippen molar-refractivity contribution in [2.75, 3.05) is 0 Å². The number of halogens is 1. The first-order valence-electron chi connectivity index (χ1n) is 9.66. The number of aromatic nitrogens is 1. The number of carbonyl (C=O) groups is 2. The van der Waals surface area contributed by atoms with E-state index in [0.717, 1.165) is 16.5 Å². The lowest BCUT2D eigenvalue weighted by Gasteiger charge is -2.12. The Hall–Kier alpha value is -3.73. The maximum Gasteiger partial charge on any atom is 0.307 e. The van der Waals surface area contributed by atoms with Crippen LogP contribution in [0.25, 0.3) is 10.9 Å². The molecule has 0 fully saturated rings. The molecule has 4 rings (SSSR count). The predicted molar refractivity (Wildman–Crippen MR) is 113 cm³/mol. The van der Waals surface area contributed by atoms with Crippen LogP contribution < -0.4 is 0 Å². The smallest absolute Gasteiger partial charge is 0.307 e. The molecule has 0 atom stereocenters. The van der Waals surface area contributed by atoms with Crippen LogP contribution in [0, 0.1) is 5.82 Å². The summed E-state index contributed by atoms with van der Waals surface area (Å²) in [6.45, 7) is 0.450. The molecule has 0 spiro atoms. The first kappa shape index (κ1) is 19.6. The predicted octanol–water partition coefficient (Wildman–Crippen LogP) is 4.88. The fourth-order valence-corrected chi connectivity index (χ4v) is 3.83. The van der Waals surface area contributed by atoms with Gasteiger partial charge in [-0.2, -0.15) is 0 Å². The van der Waals surface area contributed by atoms with Gasteiger partial charge < -0.3 is 9.67 Å². The van der Waals surface area contributed by atoms with Gasteiger partial charge in [-0.1, -0.05) is 60.7 Å². The van der Waals surface area contributed by atoms with Crippen LogP contribution in [0.4, 0.5) is 4.39 Å². The molecule has 0 aliphatic rings. The lowest BCUT2D eigenvalue weighted by molar-refractivity contribution is -0.136. The molecule has 0 saturated carbocycles. The molecule has 5 heteroatoms. The number of rotatable bonds is 7. The number of fused-ring (bicyclic) bond motifs is 1. The van der Waals surface area contributed by atoms with Crippen LogP contribution in [-0.2, 0) is 24.2 Å². The minimum Gasteiger partial charge on any atom is -0.481 e. The quantitative estimate of drug-likeness (QED) is 0.449. The van der Waals surface area contributed by atoms with Crippen molar-refractivity contribution in [1.82, 2.24) is 4.57 Å². The molecule has 4 aromatic rings. The monoisotopic (exact) mass is 401 g/mol. The lowest BCUT2D eigenvalue weighted by Crippen LogP contribution is -2.15. The molecule has 1 aromatic heterocycles. The summed E-state index contributed by atoms with van der Waals surface area (Å²) in [5.41, 5.74) is 3.42. The van der Waals surface area contributed by atoms with E-state index in [1.54, 1.807) is 12.1 Å². The van der Waals surface area contributed by atoms with Gasteiger partial charge in [0.25, 0.3) is 0 Å². The second-order valence-electron chi connectivity index (χ2n) is 7.21. The van der Waals surface area contributed by atoms with Gasteiger partial charge in [-0.25, -0.2) is 4.39 Å². The molecule has 0 aliphatic heterocycles. The van der Waals surface area contributed by atoms with E-state index in [4.69, 9.17) is 0 Å². The average molecular weight is 401 g/mol. The third-order valence-corrected chi connectivity index (χ3v) is 5.13. The Kier molecular flexibility index (Phi) is 5.44. The molecule has 30 heavy (non-hydrogen) atoms. The number of aliphatic carboxylic acids is 1. The Morgan fingerprint density at radius 1 is 0.800 bits per heavy atom. The van der Waals surface area contributed by atoms with Crippen LogP contribution in [0.15, 0.2) is 78.9 Å². The maximum absolute atomic E-state index is 13.4. The average Bonchev–Trinajstić information content (AvgIpc) is 3.03. The van der Waals surface area contributed by atoms with Crippen molar-refractivity contribution >= 4 is 22.7 Å². The Morgan fingerprint density at radius 3 is 2.17 bits per heavy atom. The number of benzene rings is 3. The number of carboxylic acids is 1. The molecule has 4 nitrogen and oxygen atoms in total. The molecule has 0 radical (unpaired) electrons. The van der Waals surface area contributed by atoms with Gasteiger partial charge in [0.05, 0.1) is 12.1 Å². The molecule has 0 bridgehead atoms. The van der Waals surface area contributed by atoms with Crippen molar-refractivity contribution in [3.63, 3.8) is 0 Å². The molecule has 1 heterocycles. The molecule has 1 N–H and O–H groups in total. The third kappa shape index (κ3) is 4.01. The third-order valence-electron chi connectivity index (χ3n) is 5.13. The number of ketones is 1. The van der Waals surface area contributed by atoms with Crippen molar-refractivity contribution in [2.24, 2.45) is 0 Å². The molecule has 0 aliphatic carbocycles. The van der Waals surface area contributed by atoms with Crippen LogP contribution in [-0.4, -0.2) is 21.4 Å². The van der Waals surface area contributed by atoms with Crippen LogP contribution in [0.2, 0.25) is 0 Å². The zero-order valence-corrected chi connectivity index (χ0v) is 16.2. The highest BCUT2D eigenvalue weighted by Gasteiger charge is 2.24. The van der Waals surface area contributed by atoms with Crippen LogP contribution in [0.5, 0.6) is 0 Å². The van der Waals surface area contributed by atoms with Crippen molar-refractivity contribution < 1.29 is 19.1 Å². The second-order valence-corrected chi connectivity index (χ2v) is 7.21. The van der Waals surface area contributed by atoms with Crippen LogP contribution in [0.3, 0.4) is 0 Å². The molecule has 0 saturated heterocycles. The van der Waals surface area contributed by atoms with E-state index in [1.165, 1.54) is 12.1 Å². The van der Waals surface area contributed by atoms with Crippen molar-refractivity contribution in [3.8, 4) is 0 Å². The number of carbonyl (C=O) groups excluding carboxylic acids is 1. The van der Waals surface area contributed by atoms with Gasteiger partial charge >= 0.3 is 5.97 Å². The summed E-state index contributed by atoms with van der Waals surface area (Å²) in [5.74, 6) is -1.55. The molecular formula is C25H20FNO3. The van der Waals surface area contributed by atoms with Crippen molar-refractivity contribution in [2.45, 2.75) is 19.4 Å². The molecule has 3 aromatic carbocycles. The standard InChI is InChI=1S/C25H20FNO3/c26-19-12-10-17(11-13-19)14-23(28)25-21(15-24(29)30)20-8-4-5-9-22(20)27(25)16-18-6-2-1-3-7-18/h1-13H,14-16H2,(H,29,30). The summed E-state index contributed by atoms with van der Waals surface area (Å²) < 4.78 is 15.1. The number of Topliss-reactive ketones (excluding diaryl/α,β-unsaturated/α-hetero) is 1. The Labute approximate surface area is 173 Å². The van der Waals surface area contributed by atoms with Gasteiger partial charge in [-0.3, -0.25) is 9.59 Å². The first-order chi connectivity index (χ1) is 14.5. The number of hydrogen-bond donors (Lipinski definition) is 1. The molecular weight excluding hydrogens is 381 g/mol. The van der Waals surface area contributed by atoms with Gasteiger partial charge in [0.1, 0.15) is 5.82 Å². The summed E-state index contributed by atoms with van der Waals surface area (Å²) in [6.07, 6.45) is -0.176. The Balaban J connectivity index is 1.85. The van der Waals surface area contributed by atoms with E-state index in [9.17, 15) is 19.1 Å². The fraction of sp³-hybridized carbons (Fsp3) is 0.120. The zero-order chi connectivity index (χ0) is 21.1. The highest BCUT2D eigenvalue weighted by molar-refractivity contribution is 6.05. The summed E-state index contributed by atoms with van der Waals surface area (Å²) in [5, 5.41) is 10.3. The van der Waals surface area contributed by atoms with E-state index in [2.05, 4.69) is 0 Å². The van der Waals surface area contributed by atoms with E-state index in [-0.39, 0.29) is 24.4 Å². The van der Waals surface area contributed by atoms with Gasteiger partial charge in [-0.05, 0) is 34.9 Å². The molecule has 0 unspecified atom stereocenters. The van der Waals surface area contributed by atoms with Crippen molar-refractivity contribution in [3.05, 3.63) is 107 Å². The normalized spacial score (nSPS) is 11.0. The van der Waals surface area contributed by atoms with E-state index in [0.29, 0.717) is 23.4 Å². The second kappa shape index (κ2) is 8.33. The van der Waals surface area contributed by atoms with Crippen molar-refractivity contribution in [1.29, 1.82) is 0 Å². The Bertz CT molecular complexity index is 1210. The number of para-hydroxylation sites is 1. The Morgan fingerprint density at radius 2 is 1.47 bits per heavy atom. The highest BCUT2D eigenvalue weighted by atomic mass is 19.1. The minimum atomic E-state index is -0.992. The number of hydrogen-bond acceptors (Lipinski definition) is 2. The van der Waals surface area contributed by atoms with E-state index >= 15 is 0 Å². The molecule has 150 valence electrons. The van der Waals surface area contributed by atoms with Gasteiger partial charge in [0.2, 0.25) is 0 Å². The summed E-state index contributed by atoms with van der Waals surface area (Å²) in [7, 11) is 0. The SMILES string of the molecule is O=C(O)Cc1c(C(=O)Cc2ccc(F)cc2)n(Cc2ccccc2)c2ccccc12. The molecule has 0 amide bonds.